The van der Waals surface area contributed by atoms with E-state index < -0.39 is 0 Å². The summed E-state index contributed by atoms with van der Waals surface area (Å²) in [5.74, 6) is 0. The number of aromatic nitrogens is 1. The van der Waals surface area contributed by atoms with Crippen LogP contribution in [-0.4, -0.2) is 11.5 Å². The first-order valence-corrected chi connectivity index (χ1v) is 5.96. The van der Waals surface area contributed by atoms with Gasteiger partial charge in [-0.3, -0.25) is 4.98 Å². The lowest BCUT2D eigenvalue weighted by molar-refractivity contribution is 0.625. The van der Waals surface area contributed by atoms with Crippen LogP contribution in [0.3, 0.4) is 0 Å². The van der Waals surface area contributed by atoms with Gasteiger partial charge in [0.2, 0.25) is 0 Å². The Kier molecular flexibility index (Phi) is 3.55. The van der Waals surface area contributed by atoms with Gasteiger partial charge in [-0.15, -0.1) is 0 Å². The first-order valence-electron chi connectivity index (χ1n) is 5.96. The Morgan fingerprint density at radius 2 is 2.12 bits per heavy atom. The van der Waals surface area contributed by atoms with Crippen molar-refractivity contribution in [2.45, 2.75) is 19.9 Å². The van der Waals surface area contributed by atoms with E-state index in [0.717, 1.165) is 17.6 Å². The lowest BCUT2D eigenvalue weighted by Gasteiger charge is -2.20. The predicted molar refractivity (Wildman–Crippen MR) is 73.0 cm³/mol. The van der Waals surface area contributed by atoms with Crippen molar-refractivity contribution in [1.82, 2.24) is 10.3 Å². The Balaban J connectivity index is 2.56. The minimum absolute atomic E-state index is 0.202. The molecule has 1 N–H and O–H groups in total. The maximum Gasteiger partial charge on any atom is 0.0705 e. The number of pyridine rings is 1. The van der Waals surface area contributed by atoms with E-state index in [1.165, 1.54) is 10.9 Å². The minimum atomic E-state index is 0.202. The zero-order valence-corrected chi connectivity index (χ0v) is 10.4. The van der Waals surface area contributed by atoms with Crippen molar-refractivity contribution in [2.24, 2.45) is 0 Å². The van der Waals surface area contributed by atoms with Gasteiger partial charge in [0.1, 0.15) is 0 Å². The molecule has 0 bridgehead atoms. The fourth-order valence-electron chi connectivity index (χ4n) is 2.12. The molecule has 0 amide bonds. The molecule has 88 valence electrons. The van der Waals surface area contributed by atoms with Crippen molar-refractivity contribution in [3.05, 3.63) is 54.2 Å². The van der Waals surface area contributed by atoms with Crippen LogP contribution in [0, 0.1) is 0 Å². The Bertz CT molecular complexity index is 526. The van der Waals surface area contributed by atoms with Crippen molar-refractivity contribution in [2.75, 3.05) is 6.54 Å². The molecule has 1 aromatic carbocycles. The zero-order valence-electron chi connectivity index (χ0n) is 10.4. The third kappa shape index (κ3) is 2.37. The number of hydrogen-bond donors (Lipinski definition) is 1. The van der Waals surface area contributed by atoms with Gasteiger partial charge < -0.3 is 5.32 Å². The highest BCUT2D eigenvalue weighted by molar-refractivity contribution is 5.82. The van der Waals surface area contributed by atoms with Crippen LogP contribution in [0.25, 0.3) is 10.9 Å². The molecule has 1 atom stereocenters. The molecule has 0 saturated carbocycles. The van der Waals surface area contributed by atoms with E-state index >= 15 is 0 Å². The van der Waals surface area contributed by atoms with Crippen molar-refractivity contribution in [1.29, 1.82) is 0 Å². The van der Waals surface area contributed by atoms with Crippen LogP contribution >= 0.6 is 0 Å². The summed E-state index contributed by atoms with van der Waals surface area (Å²) in [6.07, 6.45) is 1.87. The third-order valence-corrected chi connectivity index (χ3v) is 2.89. The first-order chi connectivity index (χ1) is 8.24. The van der Waals surface area contributed by atoms with Gasteiger partial charge in [-0.05, 0) is 31.2 Å². The first kappa shape index (κ1) is 11.8. The zero-order chi connectivity index (χ0) is 12.3. The number of fused-ring (bicyclic) bond motifs is 1. The number of nitrogens with one attached hydrogen (secondary N) is 1. The lowest BCUT2D eigenvalue weighted by atomic mass is 9.97. The summed E-state index contributed by atoms with van der Waals surface area (Å²) in [7, 11) is 0. The summed E-state index contributed by atoms with van der Waals surface area (Å²) in [6, 6.07) is 10.5. The summed E-state index contributed by atoms with van der Waals surface area (Å²) in [5, 5.41) is 4.66. The smallest absolute Gasteiger partial charge is 0.0705 e. The Morgan fingerprint density at radius 1 is 1.35 bits per heavy atom. The van der Waals surface area contributed by atoms with Crippen LogP contribution in [0.4, 0.5) is 0 Å². The molecular formula is C15H18N2. The molecule has 1 aromatic heterocycles. The molecule has 2 nitrogen and oxygen atoms in total. The average Bonchev–Trinajstić information content (AvgIpc) is 2.35. The van der Waals surface area contributed by atoms with E-state index in [-0.39, 0.29) is 6.04 Å². The molecule has 0 aliphatic heterocycles. The molecule has 17 heavy (non-hydrogen) atoms. The van der Waals surface area contributed by atoms with E-state index in [4.69, 9.17) is 0 Å². The second kappa shape index (κ2) is 5.11. The van der Waals surface area contributed by atoms with Crippen LogP contribution in [0.5, 0.6) is 0 Å². The summed E-state index contributed by atoms with van der Waals surface area (Å²) in [6.45, 7) is 9.17. The number of hydrogen-bond acceptors (Lipinski definition) is 2. The average molecular weight is 226 g/mol. The SMILES string of the molecule is C=C(C)C(NCC)c1ccnc2ccccc12. The quantitative estimate of drug-likeness (QED) is 0.807. The number of para-hydroxylation sites is 1. The molecule has 0 spiro atoms. The van der Waals surface area contributed by atoms with Gasteiger partial charge in [0.05, 0.1) is 11.6 Å². The maximum atomic E-state index is 4.39. The largest absolute Gasteiger partial charge is 0.307 e. The van der Waals surface area contributed by atoms with E-state index in [1.54, 1.807) is 0 Å². The molecule has 0 aliphatic rings. The summed E-state index contributed by atoms with van der Waals surface area (Å²) in [5.41, 5.74) is 3.42. The molecule has 0 fully saturated rings. The Morgan fingerprint density at radius 3 is 2.82 bits per heavy atom. The van der Waals surface area contributed by atoms with E-state index in [9.17, 15) is 0 Å². The van der Waals surface area contributed by atoms with Gasteiger partial charge in [0.15, 0.2) is 0 Å². The van der Waals surface area contributed by atoms with Crippen molar-refractivity contribution in [3.8, 4) is 0 Å². The Hall–Kier alpha value is -1.67. The maximum absolute atomic E-state index is 4.39. The highest BCUT2D eigenvalue weighted by Gasteiger charge is 2.13. The van der Waals surface area contributed by atoms with Gasteiger partial charge in [0, 0.05) is 11.6 Å². The van der Waals surface area contributed by atoms with Gasteiger partial charge in [-0.2, -0.15) is 0 Å². The number of rotatable bonds is 4. The molecule has 1 unspecified atom stereocenters. The van der Waals surface area contributed by atoms with E-state index in [2.05, 4.69) is 48.9 Å². The molecular weight excluding hydrogens is 208 g/mol. The minimum Gasteiger partial charge on any atom is -0.307 e. The van der Waals surface area contributed by atoms with Gasteiger partial charge in [-0.1, -0.05) is 37.3 Å². The molecule has 2 heteroatoms. The monoisotopic (exact) mass is 226 g/mol. The lowest BCUT2D eigenvalue weighted by Crippen LogP contribution is -2.21. The van der Waals surface area contributed by atoms with Crippen molar-refractivity contribution >= 4 is 10.9 Å². The fraction of sp³-hybridized carbons (Fsp3) is 0.267. The summed E-state index contributed by atoms with van der Waals surface area (Å²) >= 11 is 0. The van der Waals surface area contributed by atoms with Crippen molar-refractivity contribution in [3.63, 3.8) is 0 Å². The second-order valence-corrected chi connectivity index (χ2v) is 4.25. The molecule has 0 radical (unpaired) electrons. The highest BCUT2D eigenvalue weighted by Crippen LogP contribution is 2.26. The topological polar surface area (TPSA) is 24.9 Å². The van der Waals surface area contributed by atoms with Gasteiger partial charge >= 0.3 is 0 Å². The van der Waals surface area contributed by atoms with Crippen LogP contribution in [0.1, 0.15) is 25.5 Å². The summed E-state index contributed by atoms with van der Waals surface area (Å²) < 4.78 is 0. The molecule has 2 aromatic rings. The van der Waals surface area contributed by atoms with Crippen LogP contribution in [0.2, 0.25) is 0 Å². The predicted octanol–water partition coefficient (Wildman–Crippen LogP) is 3.46. The molecule has 2 rings (SSSR count). The fourth-order valence-corrected chi connectivity index (χ4v) is 2.12. The standard InChI is InChI=1S/C15H18N2/c1-4-16-15(11(2)3)13-9-10-17-14-8-6-5-7-12(13)14/h5-10,15-16H,2,4H2,1,3H3. The van der Waals surface area contributed by atoms with Gasteiger partial charge in [0.25, 0.3) is 0 Å². The highest BCUT2D eigenvalue weighted by atomic mass is 14.9. The van der Waals surface area contributed by atoms with Crippen molar-refractivity contribution < 1.29 is 0 Å². The Labute approximate surface area is 102 Å². The molecule has 0 aliphatic carbocycles. The molecule has 0 saturated heterocycles. The van der Waals surface area contributed by atoms with Crippen LogP contribution < -0.4 is 5.32 Å². The third-order valence-electron chi connectivity index (χ3n) is 2.89. The summed E-state index contributed by atoms with van der Waals surface area (Å²) in [4.78, 5) is 4.39. The second-order valence-electron chi connectivity index (χ2n) is 4.25. The normalized spacial score (nSPS) is 12.6. The van der Waals surface area contributed by atoms with Gasteiger partial charge in [-0.25, -0.2) is 0 Å². The van der Waals surface area contributed by atoms with E-state index in [0.29, 0.717) is 0 Å². The van der Waals surface area contributed by atoms with Crippen LogP contribution in [0.15, 0.2) is 48.7 Å². The molecule has 1 heterocycles. The number of benzene rings is 1. The number of nitrogens with zero attached hydrogens (tertiary/aromatic N) is 1. The number of likely N-dealkylation sites (N-methyl/N-ethyl adjacent to an activating group) is 1. The van der Waals surface area contributed by atoms with Crippen LogP contribution in [-0.2, 0) is 0 Å². The van der Waals surface area contributed by atoms with E-state index in [1.807, 2.05) is 18.3 Å².